The molecule has 1 aromatic heterocycles. The van der Waals surface area contributed by atoms with Gasteiger partial charge in [-0.15, -0.1) is 0 Å². The first-order valence-corrected chi connectivity index (χ1v) is 9.89. The number of carbonyl (C=O) groups is 2. The maximum atomic E-state index is 12.8. The van der Waals surface area contributed by atoms with Gasteiger partial charge in [-0.1, -0.05) is 48.0 Å². The molecule has 0 radical (unpaired) electrons. The van der Waals surface area contributed by atoms with Crippen molar-refractivity contribution in [3.8, 4) is 22.7 Å². The quantitative estimate of drug-likeness (QED) is 0.586. The summed E-state index contributed by atoms with van der Waals surface area (Å²) in [6, 6.07) is 16.9. The summed E-state index contributed by atoms with van der Waals surface area (Å²) in [6.45, 7) is 5.78. The van der Waals surface area contributed by atoms with Gasteiger partial charge in [-0.2, -0.15) is 0 Å². The minimum Gasteiger partial charge on any atom is -0.505 e. The van der Waals surface area contributed by atoms with E-state index in [-0.39, 0.29) is 36.6 Å². The molecule has 0 saturated carbocycles. The second-order valence-electron chi connectivity index (χ2n) is 6.76. The lowest BCUT2D eigenvalue weighted by Crippen LogP contribution is -2.12. The van der Waals surface area contributed by atoms with Gasteiger partial charge in [0, 0.05) is 5.69 Å². The SMILES string of the molecule is CCOC(=O)Cc1c(O)c(C(=O)OCC)c(-c2ccccc2)n1-c1ccc(C)cc1. The molecule has 0 aliphatic rings. The number of benzene rings is 2. The van der Waals surface area contributed by atoms with Gasteiger partial charge in [0.15, 0.2) is 5.75 Å². The standard InChI is InChI=1S/C24H25NO5/c1-4-29-20(26)15-19-23(27)21(24(28)30-5-2)22(17-9-7-6-8-10-17)25(19)18-13-11-16(3)12-14-18/h6-14,27H,4-5,15H2,1-3H3. The number of aryl methyl sites for hydroxylation is 1. The van der Waals surface area contributed by atoms with Gasteiger partial charge in [0.1, 0.15) is 5.56 Å². The summed E-state index contributed by atoms with van der Waals surface area (Å²) >= 11 is 0. The molecule has 3 rings (SSSR count). The molecule has 0 atom stereocenters. The Balaban J connectivity index is 2.34. The van der Waals surface area contributed by atoms with E-state index >= 15 is 0 Å². The van der Waals surface area contributed by atoms with Gasteiger partial charge < -0.3 is 19.1 Å². The summed E-state index contributed by atoms with van der Waals surface area (Å²) < 4.78 is 12.0. The van der Waals surface area contributed by atoms with Crippen LogP contribution in [0.4, 0.5) is 0 Å². The van der Waals surface area contributed by atoms with E-state index < -0.39 is 11.9 Å². The molecule has 30 heavy (non-hydrogen) atoms. The highest BCUT2D eigenvalue weighted by Gasteiger charge is 2.31. The van der Waals surface area contributed by atoms with Crippen LogP contribution in [0.2, 0.25) is 0 Å². The molecule has 6 heteroatoms. The van der Waals surface area contributed by atoms with E-state index in [0.717, 1.165) is 5.56 Å². The zero-order chi connectivity index (χ0) is 21.7. The van der Waals surface area contributed by atoms with E-state index in [2.05, 4.69) is 0 Å². The molecule has 3 aromatic rings. The normalized spacial score (nSPS) is 10.6. The fourth-order valence-electron chi connectivity index (χ4n) is 3.37. The third kappa shape index (κ3) is 4.22. The number of rotatable bonds is 7. The number of ether oxygens (including phenoxy) is 2. The third-order valence-corrected chi connectivity index (χ3v) is 4.68. The highest BCUT2D eigenvalue weighted by Crippen LogP contribution is 2.39. The van der Waals surface area contributed by atoms with Crippen molar-refractivity contribution >= 4 is 11.9 Å². The number of hydrogen-bond donors (Lipinski definition) is 1. The van der Waals surface area contributed by atoms with Crippen molar-refractivity contribution < 1.29 is 24.2 Å². The molecule has 0 fully saturated rings. The van der Waals surface area contributed by atoms with Crippen LogP contribution in [0.25, 0.3) is 16.9 Å². The Morgan fingerprint density at radius 1 is 0.933 bits per heavy atom. The Hall–Kier alpha value is -3.54. The van der Waals surface area contributed by atoms with Crippen molar-refractivity contribution in [2.45, 2.75) is 27.2 Å². The smallest absolute Gasteiger partial charge is 0.344 e. The molecule has 1 N–H and O–H groups in total. The van der Waals surface area contributed by atoms with E-state index in [1.807, 2.05) is 61.5 Å². The molecule has 6 nitrogen and oxygen atoms in total. The van der Waals surface area contributed by atoms with Gasteiger partial charge in [-0.3, -0.25) is 4.79 Å². The first-order valence-electron chi connectivity index (χ1n) is 9.89. The van der Waals surface area contributed by atoms with Crippen LogP contribution in [0.3, 0.4) is 0 Å². The van der Waals surface area contributed by atoms with Gasteiger partial charge in [0.05, 0.1) is 31.0 Å². The average Bonchev–Trinajstić information content (AvgIpc) is 3.02. The molecule has 1 heterocycles. The van der Waals surface area contributed by atoms with Crippen molar-refractivity contribution in [3.63, 3.8) is 0 Å². The molecule has 0 amide bonds. The molecule has 0 unspecified atom stereocenters. The predicted molar refractivity (Wildman–Crippen MR) is 114 cm³/mol. The van der Waals surface area contributed by atoms with Gasteiger partial charge in [0.25, 0.3) is 0 Å². The number of aromatic hydroxyl groups is 1. The van der Waals surface area contributed by atoms with E-state index in [9.17, 15) is 14.7 Å². The summed E-state index contributed by atoms with van der Waals surface area (Å²) in [5.74, 6) is -1.42. The van der Waals surface area contributed by atoms with Crippen molar-refractivity contribution in [1.82, 2.24) is 4.57 Å². The van der Waals surface area contributed by atoms with Gasteiger partial charge in [-0.25, -0.2) is 4.79 Å². The molecule has 2 aromatic carbocycles. The lowest BCUT2D eigenvalue weighted by Gasteiger charge is -2.14. The van der Waals surface area contributed by atoms with Crippen molar-refractivity contribution in [3.05, 3.63) is 71.4 Å². The summed E-state index contributed by atoms with van der Waals surface area (Å²) in [4.78, 5) is 25.1. The molecule has 0 aliphatic carbocycles. The fourth-order valence-corrected chi connectivity index (χ4v) is 3.37. The van der Waals surface area contributed by atoms with Gasteiger partial charge in [0.2, 0.25) is 0 Å². The molecule has 0 spiro atoms. The summed E-state index contributed by atoms with van der Waals surface area (Å²) in [6.07, 6.45) is -0.188. The largest absolute Gasteiger partial charge is 0.505 e. The van der Waals surface area contributed by atoms with E-state index in [0.29, 0.717) is 16.9 Å². The molecular formula is C24H25NO5. The van der Waals surface area contributed by atoms with E-state index in [4.69, 9.17) is 9.47 Å². The van der Waals surface area contributed by atoms with Crippen LogP contribution in [0.1, 0.15) is 35.5 Å². The highest BCUT2D eigenvalue weighted by atomic mass is 16.5. The van der Waals surface area contributed by atoms with Crippen molar-refractivity contribution in [2.24, 2.45) is 0 Å². The average molecular weight is 407 g/mol. The maximum absolute atomic E-state index is 12.8. The van der Waals surface area contributed by atoms with Gasteiger partial charge in [-0.05, 0) is 38.5 Å². The Morgan fingerprint density at radius 2 is 1.57 bits per heavy atom. The van der Waals surface area contributed by atoms with Crippen LogP contribution < -0.4 is 0 Å². The number of carbonyl (C=O) groups excluding carboxylic acids is 2. The summed E-state index contributed by atoms with van der Waals surface area (Å²) in [5.41, 5.74) is 3.27. The molecule has 0 saturated heterocycles. The molecule has 156 valence electrons. The zero-order valence-electron chi connectivity index (χ0n) is 17.3. The van der Waals surface area contributed by atoms with Crippen LogP contribution in [-0.4, -0.2) is 34.8 Å². The molecular weight excluding hydrogens is 382 g/mol. The van der Waals surface area contributed by atoms with Crippen LogP contribution in [-0.2, 0) is 20.7 Å². The summed E-state index contributed by atoms with van der Waals surface area (Å²) in [5, 5.41) is 11.1. The Bertz CT molecular complexity index is 1040. The third-order valence-electron chi connectivity index (χ3n) is 4.68. The number of hydrogen-bond acceptors (Lipinski definition) is 5. The zero-order valence-corrected chi connectivity index (χ0v) is 17.3. The summed E-state index contributed by atoms with van der Waals surface area (Å²) in [7, 11) is 0. The molecule has 0 bridgehead atoms. The van der Waals surface area contributed by atoms with Crippen LogP contribution >= 0.6 is 0 Å². The molecule has 0 aliphatic heterocycles. The highest BCUT2D eigenvalue weighted by molar-refractivity contribution is 6.01. The fraction of sp³-hybridized carbons (Fsp3) is 0.250. The van der Waals surface area contributed by atoms with Crippen molar-refractivity contribution in [2.75, 3.05) is 13.2 Å². The monoisotopic (exact) mass is 407 g/mol. The predicted octanol–water partition coefficient (Wildman–Crippen LogP) is 4.44. The first-order chi connectivity index (χ1) is 14.5. The minimum absolute atomic E-state index is 0.0305. The van der Waals surface area contributed by atoms with Gasteiger partial charge >= 0.3 is 11.9 Å². The number of esters is 2. The minimum atomic E-state index is -0.648. The maximum Gasteiger partial charge on any atom is 0.344 e. The lowest BCUT2D eigenvalue weighted by molar-refractivity contribution is -0.142. The van der Waals surface area contributed by atoms with E-state index in [1.54, 1.807) is 18.4 Å². The van der Waals surface area contributed by atoms with Crippen LogP contribution in [0, 0.1) is 6.92 Å². The Kier molecular flexibility index (Phi) is 6.57. The second kappa shape index (κ2) is 9.31. The number of aromatic nitrogens is 1. The first kappa shape index (κ1) is 21.2. The number of nitrogens with zero attached hydrogens (tertiary/aromatic N) is 1. The Morgan fingerprint density at radius 3 is 2.17 bits per heavy atom. The topological polar surface area (TPSA) is 77.8 Å². The lowest BCUT2D eigenvalue weighted by atomic mass is 10.1. The second-order valence-corrected chi connectivity index (χ2v) is 6.76. The van der Waals surface area contributed by atoms with Crippen LogP contribution in [0.5, 0.6) is 5.75 Å². The van der Waals surface area contributed by atoms with E-state index in [1.165, 1.54) is 0 Å². The van der Waals surface area contributed by atoms with Crippen LogP contribution in [0.15, 0.2) is 54.6 Å². The van der Waals surface area contributed by atoms with Crippen molar-refractivity contribution in [1.29, 1.82) is 0 Å². The Labute approximate surface area is 175 Å².